The molecule has 0 saturated carbocycles. The SMILES string of the molecule is [C-]#[N+]c1c(-c2c(-c3cc(C#C)c4c(=O)[nH]nc(CN)c4c3)cnn2C)c(F)cc2ccccc12. The second kappa shape index (κ2) is 7.96. The maximum Gasteiger partial charge on any atom is 0.273 e. The van der Waals surface area contributed by atoms with Crippen LogP contribution in [0.25, 0.3) is 48.8 Å². The Morgan fingerprint density at radius 2 is 2.06 bits per heavy atom. The van der Waals surface area contributed by atoms with Crippen LogP contribution < -0.4 is 11.3 Å². The van der Waals surface area contributed by atoms with E-state index >= 15 is 4.39 Å². The first-order valence-corrected chi connectivity index (χ1v) is 10.3. The summed E-state index contributed by atoms with van der Waals surface area (Å²) in [5.41, 5.74) is 8.17. The van der Waals surface area contributed by atoms with Crippen LogP contribution in [-0.2, 0) is 13.6 Å². The molecule has 0 aliphatic carbocycles. The minimum absolute atomic E-state index is 0.0851. The normalized spacial score (nSPS) is 11.0. The van der Waals surface area contributed by atoms with Crippen LogP contribution in [0.4, 0.5) is 10.1 Å². The van der Waals surface area contributed by atoms with Gasteiger partial charge in [-0.25, -0.2) is 14.3 Å². The van der Waals surface area contributed by atoms with Gasteiger partial charge in [-0.05, 0) is 34.5 Å². The fraction of sp³-hybridized carbons (Fsp3) is 0.0769. The van der Waals surface area contributed by atoms with Crippen molar-refractivity contribution in [3.63, 3.8) is 0 Å². The van der Waals surface area contributed by atoms with Crippen LogP contribution >= 0.6 is 0 Å². The molecule has 34 heavy (non-hydrogen) atoms. The van der Waals surface area contributed by atoms with Gasteiger partial charge in [-0.1, -0.05) is 30.2 Å². The summed E-state index contributed by atoms with van der Waals surface area (Å²) in [7, 11) is 1.68. The second-order valence-electron chi connectivity index (χ2n) is 7.74. The van der Waals surface area contributed by atoms with E-state index in [1.165, 1.54) is 10.7 Å². The lowest BCUT2D eigenvalue weighted by atomic mass is 9.93. The first-order chi connectivity index (χ1) is 16.5. The molecule has 0 amide bonds. The van der Waals surface area contributed by atoms with Crippen molar-refractivity contribution in [2.45, 2.75) is 6.54 Å². The van der Waals surface area contributed by atoms with Gasteiger partial charge in [0.05, 0.1) is 29.5 Å². The number of nitrogens with zero attached hydrogens (tertiary/aromatic N) is 4. The van der Waals surface area contributed by atoms with Gasteiger partial charge in [-0.3, -0.25) is 9.48 Å². The number of aromatic amines is 1. The van der Waals surface area contributed by atoms with E-state index in [1.54, 1.807) is 43.6 Å². The van der Waals surface area contributed by atoms with Crippen molar-refractivity contribution < 1.29 is 4.39 Å². The molecule has 2 aromatic heterocycles. The highest BCUT2D eigenvalue weighted by Crippen LogP contribution is 2.43. The minimum atomic E-state index is -0.534. The number of nitrogens with two attached hydrogens (primary N) is 1. The Morgan fingerprint density at radius 3 is 2.79 bits per heavy atom. The van der Waals surface area contributed by atoms with E-state index in [0.29, 0.717) is 49.6 Å². The Bertz CT molecular complexity index is 1770. The van der Waals surface area contributed by atoms with Crippen LogP contribution in [0, 0.1) is 24.7 Å². The molecule has 3 aromatic carbocycles. The molecular formula is C26H17FN6O. The molecule has 0 saturated heterocycles. The Morgan fingerprint density at radius 1 is 1.26 bits per heavy atom. The van der Waals surface area contributed by atoms with E-state index in [0.717, 1.165) is 0 Å². The van der Waals surface area contributed by atoms with Gasteiger partial charge in [0.1, 0.15) is 5.82 Å². The Hall–Kier alpha value is -4.79. The lowest BCUT2D eigenvalue weighted by molar-refractivity contribution is 0.630. The van der Waals surface area contributed by atoms with Crippen molar-refractivity contribution >= 4 is 27.2 Å². The predicted octanol–water partition coefficient (Wildman–Crippen LogP) is 4.27. The number of benzene rings is 3. The number of nitrogens with one attached hydrogen (secondary N) is 1. The van der Waals surface area contributed by atoms with Crippen molar-refractivity contribution in [3.05, 3.63) is 87.5 Å². The van der Waals surface area contributed by atoms with E-state index < -0.39 is 11.4 Å². The Labute approximate surface area is 193 Å². The average Bonchev–Trinajstić information content (AvgIpc) is 3.23. The topological polar surface area (TPSA) is 93.9 Å². The van der Waals surface area contributed by atoms with E-state index in [-0.39, 0.29) is 17.8 Å². The first-order valence-electron chi connectivity index (χ1n) is 10.3. The number of hydrogen-bond acceptors (Lipinski definition) is 4. The second-order valence-corrected chi connectivity index (χ2v) is 7.74. The molecule has 5 aromatic rings. The summed E-state index contributed by atoms with van der Waals surface area (Å²) >= 11 is 0. The zero-order valence-corrected chi connectivity index (χ0v) is 18.1. The molecule has 0 aliphatic rings. The highest BCUT2D eigenvalue weighted by Gasteiger charge is 2.23. The van der Waals surface area contributed by atoms with Crippen molar-refractivity contribution in [3.8, 4) is 34.7 Å². The molecule has 0 fully saturated rings. The maximum atomic E-state index is 15.5. The molecule has 0 spiro atoms. The van der Waals surface area contributed by atoms with Crippen molar-refractivity contribution in [2.75, 3.05) is 0 Å². The first kappa shape index (κ1) is 21.1. The van der Waals surface area contributed by atoms with Gasteiger partial charge in [-0.2, -0.15) is 10.2 Å². The fourth-order valence-electron chi connectivity index (χ4n) is 4.36. The van der Waals surface area contributed by atoms with E-state index in [2.05, 4.69) is 26.1 Å². The summed E-state index contributed by atoms with van der Waals surface area (Å²) in [4.78, 5) is 16.1. The van der Waals surface area contributed by atoms with Gasteiger partial charge in [0.2, 0.25) is 5.69 Å². The summed E-state index contributed by atoms with van der Waals surface area (Å²) in [5.74, 6) is 2.02. The third-order valence-electron chi connectivity index (χ3n) is 5.89. The van der Waals surface area contributed by atoms with Crippen LogP contribution in [0.2, 0.25) is 0 Å². The van der Waals surface area contributed by atoms with Crippen LogP contribution in [0.1, 0.15) is 11.3 Å². The molecule has 0 aliphatic heterocycles. The molecule has 8 heteroatoms. The smallest absolute Gasteiger partial charge is 0.273 e. The minimum Gasteiger partial charge on any atom is -0.325 e. The molecular weight excluding hydrogens is 431 g/mol. The van der Waals surface area contributed by atoms with E-state index in [4.69, 9.17) is 18.7 Å². The molecule has 0 radical (unpaired) electrons. The van der Waals surface area contributed by atoms with Crippen molar-refractivity contribution in [2.24, 2.45) is 12.8 Å². The van der Waals surface area contributed by atoms with Gasteiger partial charge in [0, 0.05) is 35.7 Å². The molecule has 7 nitrogen and oxygen atoms in total. The summed E-state index contributed by atoms with van der Waals surface area (Å²) in [6, 6.07) is 12.0. The zero-order valence-electron chi connectivity index (χ0n) is 18.1. The standard InChI is InChI=1S/C26H17FN6O/c1-4-14-9-16(10-18-21(12-28)31-32-26(34)22(14)18)19-13-30-33(3)25(19)23-20(27)11-15-7-5-6-8-17(15)24(23)29-2/h1,5-11,13H,12,28H2,3H3,(H,32,34). The molecule has 5 rings (SSSR count). The molecule has 164 valence electrons. The number of rotatable bonds is 3. The summed E-state index contributed by atoms with van der Waals surface area (Å²) in [5, 5.41) is 12.9. The largest absolute Gasteiger partial charge is 0.325 e. The number of aromatic nitrogens is 4. The van der Waals surface area contributed by atoms with Gasteiger partial charge in [-0.15, -0.1) is 6.42 Å². The van der Waals surface area contributed by atoms with Gasteiger partial charge >= 0.3 is 0 Å². The highest BCUT2D eigenvalue weighted by atomic mass is 19.1. The highest BCUT2D eigenvalue weighted by molar-refractivity contribution is 6.04. The lowest BCUT2D eigenvalue weighted by Gasteiger charge is -2.14. The molecule has 0 unspecified atom stereocenters. The van der Waals surface area contributed by atoms with Gasteiger partial charge < -0.3 is 5.73 Å². The summed E-state index contributed by atoms with van der Waals surface area (Å²) < 4.78 is 17.0. The molecule has 3 N–H and O–H groups in total. The van der Waals surface area contributed by atoms with E-state index in [9.17, 15) is 4.79 Å². The lowest BCUT2D eigenvalue weighted by Crippen LogP contribution is -2.14. The Kier molecular flexibility index (Phi) is 4.94. The summed E-state index contributed by atoms with van der Waals surface area (Å²) in [6.07, 6.45) is 7.32. The maximum absolute atomic E-state index is 15.5. The Balaban J connectivity index is 1.87. The van der Waals surface area contributed by atoms with Crippen LogP contribution in [0.3, 0.4) is 0 Å². The quantitative estimate of drug-likeness (QED) is 0.318. The number of terminal acetylenes is 1. The monoisotopic (exact) mass is 448 g/mol. The number of aryl methyl sites for hydroxylation is 1. The molecule has 0 atom stereocenters. The van der Waals surface area contributed by atoms with Crippen LogP contribution in [0.15, 0.2) is 53.5 Å². The fourth-order valence-corrected chi connectivity index (χ4v) is 4.36. The zero-order chi connectivity index (χ0) is 24.0. The summed E-state index contributed by atoms with van der Waals surface area (Å²) in [6.45, 7) is 7.89. The molecule has 2 heterocycles. The van der Waals surface area contributed by atoms with Gasteiger partial charge in [0.25, 0.3) is 5.56 Å². The van der Waals surface area contributed by atoms with E-state index in [1.807, 2.05) is 6.07 Å². The van der Waals surface area contributed by atoms with Crippen LogP contribution in [-0.4, -0.2) is 20.0 Å². The van der Waals surface area contributed by atoms with Crippen LogP contribution in [0.5, 0.6) is 0 Å². The number of halogens is 1. The van der Waals surface area contributed by atoms with Crippen molar-refractivity contribution in [1.29, 1.82) is 0 Å². The third kappa shape index (κ3) is 3.06. The predicted molar refractivity (Wildman–Crippen MR) is 130 cm³/mol. The number of fused-ring (bicyclic) bond motifs is 2. The van der Waals surface area contributed by atoms with Crippen molar-refractivity contribution in [1.82, 2.24) is 20.0 Å². The van der Waals surface area contributed by atoms with Gasteiger partial charge in [0.15, 0.2) is 0 Å². The third-order valence-corrected chi connectivity index (χ3v) is 5.89. The number of H-pyrrole nitrogens is 1. The number of hydrogen-bond donors (Lipinski definition) is 2. The molecule has 0 bridgehead atoms. The average molecular weight is 448 g/mol.